The Bertz CT molecular complexity index is 677. The summed E-state index contributed by atoms with van der Waals surface area (Å²) in [5.74, 6) is 0.00205. The molecule has 1 aromatic carbocycles. The predicted molar refractivity (Wildman–Crippen MR) is 93.1 cm³/mol. The van der Waals surface area contributed by atoms with Crippen molar-refractivity contribution in [3.63, 3.8) is 0 Å². The molecule has 0 radical (unpaired) electrons. The molecule has 0 aromatic heterocycles. The number of hydrogen-bond acceptors (Lipinski definition) is 3. The predicted octanol–water partition coefficient (Wildman–Crippen LogP) is 2.33. The Hall–Kier alpha value is -1.40. The van der Waals surface area contributed by atoms with Crippen molar-refractivity contribution < 1.29 is 13.2 Å². The smallest absolute Gasteiger partial charge is 0.230 e. The van der Waals surface area contributed by atoms with Crippen molar-refractivity contribution in [2.24, 2.45) is 5.92 Å². The molecule has 0 aliphatic carbocycles. The van der Waals surface area contributed by atoms with E-state index in [2.05, 4.69) is 0 Å². The Morgan fingerprint density at radius 2 is 1.87 bits per heavy atom. The number of rotatable bonds is 4. The molecule has 1 amide bonds. The van der Waals surface area contributed by atoms with E-state index >= 15 is 0 Å². The van der Waals surface area contributed by atoms with Crippen molar-refractivity contribution in [3.05, 3.63) is 29.3 Å². The summed E-state index contributed by atoms with van der Waals surface area (Å²) in [6, 6.07) is 6.12. The number of sulfonamides is 1. The second-order valence-corrected chi connectivity index (χ2v) is 8.29. The van der Waals surface area contributed by atoms with Gasteiger partial charge in [0.25, 0.3) is 0 Å². The molecule has 0 saturated carbocycles. The molecular formula is C17H26N2O3S. The minimum absolute atomic E-state index is 0.104. The highest BCUT2D eigenvalue weighted by Gasteiger charge is 2.31. The van der Waals surface area contributed by atoms with E-state index in [0.717, 1.165) is 16.8 Å². The van der Waals surface area contributed by atoms with Crippen LogP contribution in [0.5, 0.6) is 0 Å². The number of hydrogen-bond donors (Lipinski definition) is 0. The van der Waals surface area contributed by atoms with Gasteiger partial charge in [-0.3, -0.25) is 4.79 Å². The fourth-order valence-corrected chi connectivity index (χ4v) is 3.98. The van der Waals surface area contributed by atoms with Crippen molar-refractivity contribution in [2.45, 2.75) is 33.6 Å². The Kier molecular flexibility index (Phi) is 5.47. The maximum absolute atomic E-state index is 12.9. The summed E-state index contributed by atoms with van der Waals surface area (Å²) in [6.45, 7) is 7.49. The third kappa shape index (κ3) is 4.12. The number of carbonyl (C=O) groups is 1. The van der Waals surface area contributed by atoms with Gasteiger partial charge in [0.2, 0.25) is 15.9 Å². The van der Waals surface area contributed by atoms with E-state index in [1.54, 1.807) is 0 Å². The molecule has 1 aliphatic rings. The van der Waals surface area contributed by atoms with Gasteiger partial charge in [0, 0.05) is 31.2 Å². The standard InChI is InChI=1S/C17H26N2O3S/c1-5-19(16-12-13(2)6-7-14(16)3)17(20)15-8-10-18(11-9-15)23(4,21)22/h6-7,12,15H,5,8-11H2,1-4H3. The molecule has 1 aliphatic heterocycles. The SMILES string of the molecule is CCN(C(=O)C1CCN(S(C)(=O)=O)CC1)c1cc(C)ccc1C. The number of benzene rings is 1. The minimum Gasteiger partial charge on any atom is -0.312 e. The Morgan fingerprint density at radius 3 is 2.39 bits per heavy atom. The first-order valence-electron chi connectivity index (χ1n) is 8.07. The fourth-order valence-electron chi connectivity index (χ4n) is 3.11. The van der Waals surface area contributed by atoms with E-state index in [9.17, 15) is 13.2 Å². The van der Waals surface area contributed by atoms with E-state index < -0.39 is 10.0 Å². The van der Waals surface area contributed by atoms with Crippen molar-refractivity contribution in [1.29, 1.82) is 0 Å². The van der Waals surface area contributed by atoms with Gasteiger partial charge in [0.15, 0.2) is 0 Å². The number of aryl methyl sites for hydroxylation is 2. The summed E-state index contributed by atoms with van der Waals surface area (Å²) in [7, 11) is -3.16. The van der Waals surface area contributed by atoms with Gasteiger partial charge < -0.3 is 4.90 Å². The van der Waals surface area contributed by atoms with E-state index in [1.165, 1.54) is 10.6 Å². The molecule has 0 atom stereocenters. The topological polar surface area (TPSA) is 57.7 Å². The van der Waals surface area contributed by atoms with Crippen LogP contribution in [0.25, 0.3) is 0 Å². The van der Waals surface area contributed by atoms with Crippen LogP contribution in [0.4, 0.5) is 5.69 Å². The van der Waals surface area contributed by atoms with E-state index in [4.69, 9.17) is 0 Å². The average molecular weight is 338 g/mol. The monoisotopic (exact) mass is 338 g/mol. The Balaban J connectivity index is 2.14. The molecular weight excluding hydrogens is 312 g/mol. The zero-order chi connectivity index (χ0) is 17.2. The third-order valence-electron chi connectivity index (χ3n) is 4.51. The summed E-state index contributed by atoms with van der Waals surface area (Å²) in [5, 5.41) is 0. The van der Waals surface area contributed by atoms with Gasteiger partial charge in [-0.05, 0) is 50.8 Å². The highest BCUT2D eigenvalue weighted by atomic mass is 32.2. The normalized spacial score (nSPS) is 17.2. The molecule has 1 aromatic rings. The molecule has 6 heteroatoms. The number of amides is 1. The van der Waals surface area contributed by atoms with Gasteiger partial charge in [-0.2, -0.15) is 0 Å². The third-order valence-corrected chi connectivity index (χ3v) is 5.81. The van der Waals surface area contributed by atoms with E-state index in [0.29, 0.717) is 32.5 Å². The van der Waals surface area contributed by atoms with Crippen LogP contribution in [0.15, 0.2) is 18.2 Å². The van der Waals surface area contributed by atoms with Gasteiger partial charge in [0.1, 0.15) is 0 Å². The van der Waals surface area contributed by atoms with Crippen molar-refractivity contribution >= 4 is 21.6 Å². The lowest BCUT2D eigenvalue weighted by Crippen LogP contribution is -2.44. The second-order valence-electron chi connectivity index (χ2n) is 6.31. The quantitative estimate of drug-likeness (QED) is 0.846. The molecule has 23 heavy (non-hydrogen) atoms. The van der Waals surface area contributed by atoms with Crippen molar-refractivity contribution in [2.75, 3.05) is 30.8 Å². The lowest BCUT2D eigenvalue weighted by molar-refractivity contribution is -0.123. The number of carbonyl (C=O) groups excluding carboxylic acids is 1. The molecule has 0 bridgehead atoms. The maximum atomic E-state index is 12.9. The van der Waals surface area contributed by atoms with Crippen LogP contribution in [-0.4, -0.2) is 44.5 Å². The molecule has 1 fully saturated rings. The fraction of sp³-hybridized carbons (Fsp3) is 0.588. The van der Waals surface area contributed by atoms with Gasteiger partial charge in [-0.25, -0.2) is 12.7 Å². The summed E-state index contributed by atoms with van der Waals surface area (Å²) < 4.78 is 24.6. The first-order valence-corrected chi connectivity index (χ1v) is 9.92. The maximum Gasteiger partial charge on any atom is 0.230 e. The van der Waals surface area contributed by atoms with Gasteiger partial charge in [-0.15, -0.1) is 0 Å². The largest absolute Gasteiger partial charge is 0.312 e. The molecule has 0 unspecified atom stereocenters. The summed E-state index contributed by atoms with van der Waals surface area (Å²) in [5.41, 5.74) is 3.17. The number of piperidine rings is 1. The lowest BCUT2D eigenvalue weighted by Gasteiger charge is -2.33. The lowest BCUT2D eigenvalue weighted by atomic mass is 9.95. The molecule has 128 valence electrons. The molecule has 5 nitrogen and oxygen atoms in total. The number of anilines is 1. The van der Waals surface area contributed by atoms with Gasteiger partial charge in [-0.1, -0.05) is 12.1 Å². The van der Waals surface area contributed by atoms with Crippen LogP contribution in [0, 0.1) is 19.8 Å². The Labute approximate surface area is 139 Å². The van der Waals surface area contributed by atoms with Crippen LogP contribution >= 0.6 is 0 Å². The Morgan fingerprint density at radius 1 is 1.26 bits per heavy atom. The van der Waals surface area contributed by atoms with Crippen molar-refractivity contribution in [3.8, 4) is 0 Å². The molecule has 0 N–H and O–H groups in total. The van der Waals surface area contributed by atoms with Crippen LogP contribution in [0.1, 0.15) is 30.9 Å². The van der Waals surface area contributed by atoms with Gasteiger partial charge in [0.05, 0.1) is 6.26 Å². The van der Waals surface area contributed by atoms with E-state index in [1.807, 2.05) is 43.9 Å². The zero-order valence-electron chi connectivity index (χ0n) is 14.4. The van der Waals surface area contributed by atoms with Crippen molar-refractivity contribution in [1.82, 2.24) is 4.31 Å². The van der Waals surface area contributed by atoms with E-state index in [-0.39, 0.29) is 11.8 Å². The van der Waals surface area contributed by atoms with Crippen LogP contribution in [-0.2, 0) is 14.8 Å². The highest BCUT2D eigenvalue weighted by Crippen LogP contribution is 2.27. The molecule has 1 saturated heterocycles. The average Bonchev–Trinajstić information content (AvgIpc) is 2.50. The zero-order valence-corrected chi connectivity index (χ0v) is 15.2. The summed E-state index contributed by atoms with van der Waals surface area (Å²) >= 11 is 0. The molecule has 0 spiro atoms. The first kappa shape index (κ1) is 17.9. The van der Waals surface area contributed by atoms with Crippen LogP contribution in [0.3, 0.4) is 0 Å². The van der Waals surface area contributed by atoms with Gasteiger partial charge >= 0.3 is 0 Å². The number of nitrogens with zero attached hydrogens (tertiary/aromatic N) is 2. The second kappa shape index (κ2) is 7.01. The summed E-state index contributed by atoms with van der Waals surface area (Å²) in [4.78, 5) is 14.7. The van der Waals surface area contributed by atoms with Crippen LogP contribution in [0.2, 0.25) is 0 Å². The minimum atomic E-state index is -3.16. The molecule has 1 heterocycles. The first-order chi connectivity index (χ1) is 10.7. The van der Waals surface area contributed by atoms with Crippen LogP contribution < -0.4 is 4.90 Å². The highest BCUT2D eigenvalue weighted by molar-refractivity contribution is 7.88. The molecule has 2 rings (SSSR count). The summed E-state index contributed by atoms with van der Waals surface area (Å²) in [6.07, 6.45) is 2.41.